The van der Waals surface area contributed by atoms with Gasteiger partial charge in [-0.3, -0.25) is 9.59 Å². The van der Waals surface area contributed by atoms with E-state index in [1.54, 1.807) is 34.8 Å². The van der Waals surface area contributed by atoms with E-state index >= 15 is 0 Å². The Morgan fingerprint density at radius 1 is 0.303 bits per heavy atom. The lowest BCUT2D eigenvalue weighted by molar-refractivity contribution is 0.103. The first-order chi connectivity index (χ1) is 59.3. The van der Waals surface area contributed by atoms with Gasteiger partial charge in [0.2, 0.25) is 0 Å². The molecule has 4 heterocycles. The Hall–Kier alpha value is -14.0. The molecule has 0 saturated carbocycles. The van der Waals surface area contributed by atoms with E-state index in [1.165, 1.54) is 52.5 Å². The summed E-state index contributed by atoms with van der Waals surface area (Å²) in [6.07, 6.45) is 3.88. The number of carbonyl (C=O) groups is 2. The van der Waals surface area contributed by atoms with Crippen LogP contribution >= 0.6 is 45.3 Å². The van der Waals surface area contributed by atoms with Crippen LogP contribution in [0.1, 0.15) is 175 Å². The number of nitrogens with zero attached hydrogens (tertiary/aromatic N) is 4. The van der Waals surface area contributed by atoms with E-state index in [1.807, 2.05) is 71.2 Å². The van der Waals surface area contributed by atoms with Crippen LogP contribution in [-0.4, -0.2) is 11.6 Å². The molecule has 0 fully saturated rings. The van der Waals surface area contributed by atoms with E-state index in [-0.39, 0.29) is 22.8 Å². The first kappa shape index (κ1) is 74.3. The van der Waals surface area contributed by atoms with Gasteiger partial charge in [0.1, 0.15) is 17.7 Å². The fourth-order valence-electron chi connectivity index (χ4n) is 21.2. The highest BCUT2D eigenvalue weighted by atomic mass is 32.1. The standard InChI is InChI=1S/C112H72N4O2S4/c1-61-18-34-70(35-19-61)109(71-36-20-62(2)21-37-71)90-56-86-92(54-84(90)103-94(109)52-78(119-103)50-88-97(69(58-113)59-114)80-14-10-12-16-82(80)101(88)117)111(74-42-26-65(5)27-43-74,75-44-28-66(6)29-45-75)99-105(86)121-108-100-106(122-107(99)108)87-57-91-85(55-93(87)112(100,76-46-30-67(7)31-47-76)77-48-32-68(8)33-49-77)104-95(110(91,72-38-22-63(3)23-39-72)73-40-24-64(4)25-41-73)53-79(120-104)51-89-98(96(60-115)116-9)81-15-11-13-17-83(81)102(89)118/h10-57H,1-8H3/b88-50-,89-51-,98-96+. The molecule has 0 saturated heterocycles. The molecule has 6 aliphatic carbocycles. The Balaban J connectivity index is 0.861. The summed E-state index contributed by atoms with van der Waals surface area (Å²) in [6, 6.07) is 110. The van der Waals surface area contributed by atoms with Gasteiger partial charge in [-0.15, -0.1) is 45.3 Å². The summed E-state index contributed by atoms with van der Waals surface area (Å²) >= 11 is 7.20. The molecule has 0 amide bonds. The van der Waals surface area contributed by atoms with Gasteiger partial charge in [-0.25, -0.2) is 10.1 Å². The predicted octanol–water partition coefficient (Wildman–Crippen LogP) is 27.5. The summed E-state index contributed by atoms with van der Waals surface area (Å²) in [4.78, 5) is 39.9. The minimum atomic E-state index is -0.926. The van der Waals surface area contributed by atoms with Gasteiger partial charge in [-0.2, -0.15) is 10.5 Å². The third kappa shape index (κ3) is 10.1. The average molecular weight is 1630 g/mol. The second-order valence-corrected chi connectivity index (χ2v) is 37.9. The molecule has 0 N–H and O–H groups in total. The number of carbonyl (C=O) groups excluding carboxylic acids is 2. The number of benzene rings is 12. The van der Waals surface area contributed by atoms with Crippen LogP contribution in [0.15, 0.2) is 301 Å². The van der Waals surface area contributed by atoms with Crippen LogP contribution in [-0.2, 0) is 21.7 Å². The zero-order chi connectivity index (χ0) is 83.3. The maximum Gasteiger partial charge on any atom is 0.270 e. The van der Waals surface area contributed by atoms with Crippen LogP contribution in [0.5, 0.6) is 0 Å². The zero-order valence-corrected chi connectivity index (χ0v) is 71.2. The maximum atomic E-state index is 15.0. The Morgan fingerprint density at radius 3 is 0.852 bits per heavy atom. The lowest BCUT2D eigenvalue weighted by atomic mass is 9.65. The molecule has 10 heteroatoms. The van der Waals surface area contributed by atoms with Crippen LogP contribution in [0.3, 0.4) is 0 Å². The van der Waals surface area contributed by atoms with Gasteiger partial charge in [0, 0.05) is 73.8 Å². The zero-order valence-electron chi connectivity index (χ0n) is 68.0. The molecule has 0 atom stereocenters. The van der Waals surface area contributed by atoms with Gasteiger partial charge in [0.15, 0.2) is 11.6 Å². The van der Waals surface area contributed by atoms with Crippen molar-refractivity contribution in [1.82, 2.24) is 0 Å². The van der Waals surface area contributed by atoms with Gasteiger partial charge in [-0.05, 0) is 215 Å². The lowest BCUT2D eigenvalue weighted by Gasteiger charge is -2.36. The largest absolute Gasteiger partial charge is 0.289 e. The highest BCUT2D eigenvalue weighted by Crippen LogP contribution is 2.72. The fraction of sp³-hybridized carbons (Fsp3) is 0.107. The van der Waals surface area contributed by atoms with Crippen molar-refractivity contribution in [3.8, 4) is 60.0 Å². The quantitative estimate of drug-likeness (QED) is 0.0770. The number of aryl methyl sites for hydroxylation is 8. The Bertz CT molecular complexity index is 7000. The number of Topliss-reactive ketones (excluding diaryl/α,β-unsaturated/α-hetero) is 2. The van der Waals surface area contributed by atoms with Crippen molar-refractivity contribution in [1.29, 1.82) is 15.8 Å². The average Bonchev–Trinajstić information content (AvgIpc) is 1.48. The number of ketones is 2. The molecule has 6 nitrogen and oxygen atoms in total. The molecule has 4 aromatic heterocycles. The van der Waals surface area contributed by atoms with Gasteiger partial charge < -0.3 is 0 Å². The summed E-state index contributed by atoms with van der Waals surface area (Å²) in [5.74, 6) is -0.433. The van der Waals surface area contributed by atoms with Crippen LogP contribution in [0.2, 0.25) is 0 Å². The summed E-state index contributed by atoms with van der Waals surface area (Å²) in [7, 11) is 0. The Kier molecular flexibility index (Phi) is 16.6. The molecular formula is C112H72N4O2S4. The van der Waals surface area contributed by atoms with Crippen molar-refractivity contribution in [3.05, 3.63) is 478 Å². The van der Waals surface area contributed by atoms with E-state index in [4.69, 9.17) is 6.57 Å². The summed E-state index contributed by atoms with van der Waals surface area (Å²) < 4.78 is 2.46. The van der Waals surface area contributed by atoms with Crippen molar-refractivity contribution in [2.75, 3.05) is 0 Å². The highest BCUT2D eigenvalue weighted by molar-refractivity contribution is 7.32. The molecule has 6 aliphatic rings. The molecular weight excluding hydrogens is 1560 g/mol. The fourth-order valence-corrected chi connectivity index (χ4v) is 26.7. The normalized spacial score (nSPS) is 16.1. The third-order valence-corrected chi connectivity index (χ3v) is 31.6. The van der Waals surface area contributed by atoms with Crippen molar-refractivity contribution in [2.45, 2.75) is 77.0 Å². The van der Waals surface area contributed by atoms with Gasteiger partial charge in [0.05, 0.1) is 43.7 Å². The maximum absolute atomic E-state index is 15.0. The van der Waals surface area contributed by atoms with Crippen molar-refractivity contribution in [3.63, 3.8) is 0 Å². The summed E-state index contributed by atoms with van der Waals surface area (Å²) in [5.41, 5.74) is 31.7. The molecule has 16 aromatic rings. The molecule has 0 bridgehead atoms. The van der Waals surface area contributed by atoms with Crippen LogP contribution in [0.25, 0.3) is 79.3 Å². The highest BCUT2D eigenvalue weighted by Gasteiger charge is 2.58. The molecule has 0 spiro atoms. The second kappa shape index (κ2) is 27.2. The lowest BCUT2D eigenvalue weighted by Crippen LogP contribution is -2.30. The number of allylic oxidation sites excluding steroid dienone is 6. The monoisotopic (exact) mass is 1630 g/mol. The van der Waals surface area contributed by atoms with Gasteiger partial charge in [0.25, 0.3) is 5.70 Å². The summed E-state index contributed by atoms with van der Waals surface area (Å²) in [5, 5.41) is 31.9. The minimum Gasteiger partial charge on any atom is -0.289 e. The molecule has 0 radical (unpaired) electrons. The number of hydrogen-bond donors (Lipinski definition) is 0. The Labute approximate surface area is 724 Å². The smallest absolute Gasteiger partial charge is 0.270 e. The molecule has 576 valence electrons. The van der Waals surface area contributed by atoms with E-state index in [9.17, 15) is 25.4 Å². The number of nitriles is 3. The molecule has 122 heavy (non-hydrogen) atoms. The van der Waals surface area contributed by atoms with Crippen molar-refractivity contribution < 1.29 is 9.59 Å². The number of hydrogen-bond acceptors (Lipinski definition) is 9. The summed E-state index contributed by atoms with van der Waals surface area (Å²) in [6.45, 7) is 25.6. The molecule has 12 aromatic carbocycles. The topological polar surface area (TPSA) is 110 Å². The van der Waals surface area contributed by atoms with Crippen LogP contribution in [0.4, 0.5) is 0 Å². The van der Waals surface area contributed by atoms with E-state index < -0.39 is 21.7 Å². The molecule has 0 unspecified atom stereocenters. The van der Waals surface area contributed by atoms with Crippen molar-refractivity contribution >= 4 is 89.6 Å². The first-order valence-corrected chi connectivity index (χ1v) is 44.3. The van der Waals surface area contributed by atoms with Crippen LogP contribution in [0, 0.1) is 96.0 Å². The second-order valence-electron chi connectivity index (χ2n) is 33.7. The number of fused-ring (bicyclic) bond motifs is 17. The molecule has 0 aliphatic heterocycles. The Morgan fingerprint density at radius 2 is 0.566 bits per heavy atom. The SMILES string of the molecule is [C-]#[N+]/C(C#N)=C1/C(=C/c2cc3c(s2)-c2cc4c(cc2C3(c2ccc(C)cc2)c2ccc(C)cc2)-c2sc3c5c(sc3c2C4(c2ccc(C)cc2)c2ccc(C)cc2)-c2cc3c(cc2C5(c2ccc(C)cc2)c2ccc(C)cc2)-c2sc(/C=C4\C(=O)c5ccccc5C4=C(C#N)C#N)cc2C3(c2ccc(C)cc2)c2ccc(C)cc2)C(=O)c2ccccc21. The number of thiophene rings is 4. The van der Waals surface area contributed by atoms with Crippen LogP contribution < -0.4 is 0 Å². The van der Waals surface area contributed by atoms with E-state index in [2.05, 4.69) is 309 Å². The minimum absolute atomic E-state index is 0.103. The third-order valence-electron chi connectivity index (χ3n) is 26.8. The van der Waals surface area contributed by atoms with Gasteiger partial charge >= 0.3 is 0 Å². The van der Waals surface area contributed by atoms with Crippen molar-refractivity contribution in [2.24, 2.45) is 0 Å². The first-order valence-electron chi connectivity index (χ1n) is 41.0. The number of rotatable bonds is 10. The predicted molar refractivity (Wildman–Crippen MR) is 497 cm³/mol. The van der Waals surface area contributed by atoms with E-state index in [0.29, 0.717) is 44.5 Å². The van der Waals surface area contributed by atoms with E-state index in [0.717, 1.165) is 142 Å². The van der Waals surface area contributed by atoms with Gasteiger partial charge in [-0.1, -0.05) is 287 Å². The molecule has 22 rings (SSSR count).